The summed E-state index contributed by atoms with van der Waals surface area (Å²) >= 11 is 0. The molecule has 11 heteroatoms. The van der Waals surface area contributed by atoms with E-state index in [0.717, 1.165) is 10.9 Å². The summed E-state index contributed by atoms with van der Waals surface area (Å²) in [6.45, 7) is -0.974. The largest absolute Gasteiger partial charge is 0.394 e. The summed E-state index contributed by atoms with van der Waals surface area (Å²) in [6, 6.07) is 10.3. The maximum atomic E-state index is 13.0. The van der Waals surface area contributed by atoms with Gasteiger partial charge in [0, 0.05) is 16.9 Å². The predicted octanol–water partition coefficient (Wildman–Crippen LogP) is 1.15. The van der Waals surface area contributed by atoms with Crippen molar-refractivity contribution in [3.05, 3.63) is 77.6 Å². The standard InChI is InChI=1S/C21H20FN5O5/c22-13-3-1-12(2-4-13)20(31)25-14-5-7-15(8-6-14)26-21(32)17-18(19(23)30)27(11-24-17)16(9-28)10-29/h1-8,11,16,28-29H,9-10H2,(H2,23,30)(H,25,31)(H,26,32). The fourth-order valence-corrected chi connectivity index (χ4v) is 2.91. The van der Waals surface area contributed by atoms with Crippen LogP contribution in [0.1, 0.15) is 37.4 Å². The summed E-state index contributed by atoms with van der Waals surface area (Å²) in [5.74, 6) is -2.55. The van der Waals surface area contributed by atoms with Gasteiger partial charge in [-0.25, -0.2) is 9.37 Å². The first-order valence-corrected chi connectivity index (χ1v) is 9.40. The van der Waals surface area contributed by atoms with Crippen LogP contribution < -0.4 is 16.4 Å². The minimum Gasteiger partial charge on any atom is -0.394 e. The third-order valence-electron chi connectivity index (χ3n) is 4.56. The molecule has 0 aliphatic heterocycles. The molecule has 3 rings (SSSR count). The summed E-state index contributed by atoms with van der Waals surface area (Å²) < 4.78 is 14.1. The highest BCUT2D eigenvalue weighted by Crippen LogP contribution is 2.18. The van der Waals surface area contributed by atoms with E-state index in [-0.39, 0.29) is 17.0 Å². The smallest absolute Gasteiger partial charge is 0.276 e. The lowest BCUT2D eigenvalue weighted by Gasteiger charge is -2.15. The number of carbonyl (C=O) groups excluding carboxylic acids is 3. The first kappa shape index (κ1) is 22.6. The van der Waals surface area contributed by atoms with E-state index in [1.54, 1.807) is 0 Å². The highest BCUT2D eigenvalue weighted by Gasteiger charge is 2.25. The Kier molecular flexibility index (Phi) is 6.93. The minimum atomic E-state index is -0.946. The molecule has 0 atom stereocenters. The zero-order chi connectivity index (χ0) is 23.3. The van der Waals surface area contributed by atoms with Gasteiger partial charge < -0.3 is 31.1 Å². The topological polar surface area (TPSA) is 160 Å². The normalized spacial score (nSPS) is 10.8. The number of nitrogens with one attached hydrogen (secondary N) is 2. The van der Waals surface area contributed by atoms with Crippen molar-refractivity contribution in [3.8, 4) is 0 Å². The summed E-state index contributed by atoms with van der Waals surface area (Å²) in [5, 5.41) is 23.9. The Morgan fingerprint density at radius 2 is 1.47 bits per heavy atom. The van der Waals surface area contributed by atoms with Crippen LogP contribution in [0.3, 0.4) is 0 Å². The van der Waals surface area contributed by atoms with E-state index in [2.05, 4.69) is 15.6 Å². The van der Waals surface area contributed by atoms with Crippen LogP contribution in [0.4, 0.5) is 15.8 Å². The molecule has 3 aromatic rings. The predicted molar refractivity (Wildman–Crippen MR) is 113 cm³/mol. The molecule has 0 aliphatic rings. The van der Waals surface area contributed by atoms with Gasteiger partial charge in [0.05, 0.1) is 25.6 Å². The highest BCUT2D eigenvalue weighted by molar-refractivity contribution is 6.10. The number of carbonyl (C=O) groups is 3. The van der Waals surface area contributed by atoms with Gasteiger partial charge in [-0.2, -0.15) is 0 Å². The minimum absolute atomic E-state index is 0.251. The molecule has 10 nitrogen and oxygen atoms in total. The number of hydrogen-bond acceptors (Lipinski definition) is 6. The maximum Gasteiger partial charge on any atom is 0.276 e. The number of nitrogens with zero attached hydrogens (tertiary/aromatic N) is 2. The van der Waals surface area contributed by atoms with Crippen molar-refractivity contribution in [1.82, 2.24) is 9.55 Å². The highest BCUT2D eigenvalue weighted by atomic mass is 19.1. The van der Waals surface area contributed by atoms with Crippen LogP contribution in [-0.2, 0) is 0 Å². The van der Waals surface area contributed by atoms with Crippen LogP contribution >= 0.6 is 0 Å². The van der Waals surface area contributed by atoms with Crippen LogP contribution in [-0.4, -0.2) is 50.7 Å². The third-order valence-corrected chi connectivity index (χ3v) is 4.56. The Hall–Kier alpha value is -4.09. The zero-order valence-corrected chi connectivity index (χ0v) is 16.7. The number of halogens is 1. The Morgan fingerprint density at radius 1 is 0.938 bits per heavy atom. The quantitative estimate of drug-likeness (QED) is 0.353. The monoisotopic (exact) mass is 441 g/mol. The summed E-state index contributed by atoms with van der Waals surface area (Å²) in [5.41, 5.74) is 5.91. The van der Waals surface area contributed by atoms with Gasteiger partial charge in [-0.05, 0) is 48.5 Å². The van der Waals surface area contributed by atoms with Crippen molar-refractivity contribution in [1.29, 1.82) is 0 Å². The molecule has 166 valence electrons. The lowest BCUT2D eigenvalue weighted by molar-refractivity contribution is 0.0956. The third kappa shape index (κ3) is 4.96. The number of hydrogen-bond donors (Lipinski definition) is 5. The first-order chi connectivity index (χ1) is 15.3. The molecular formula is C21H20FN5O5. The number of aliphatic hydroxyl groups excluding tert-OH is 2. The number of rotatable bonds is 8. The molecule has 1 aromatic heterocycles. The van der Waals surface area contributed by atoms with E-state index < -0.39 is 42.8 Å². The van der Waals surface area contributed by atoms with Gasteiger partial charge in [0.2, 0.25) is 0 Å². The van der Waals surface area contributed by atoms with Crippen molar-refractivity contribution in [3.63, 3.8) is 0 Å². The van der Waals surface area contributed by atoms with Crippen molar-refractivity contribution >= 4 is 29.1 Å². The van der Waals surface area contributed by atoms with Crippen molar-refractivity contribution in [2.45, 2.75) is 6.04 Å². The molecule has 0 bridgehead atoms. The van der Waals surface area contributed by atoms with E-state index in [4.69, 9.17) is 5.73 Å². The van der Waals surface area contributed by atoms with E-state index in [1.807, 2.05) is 0 Å². The SMILES string of the molecule is NC(=O)c1c(C(=O)Nc2ccc(NC(=O)c3ccc(F)cc3)cc2)ncn1C(CO)CO. The van der Waals surface area contributed by atoms with E-state index in [1.165, 1.54) is 48.5 Å². The number of aliphatic hydroxyl groups is 2. The van der Waals surface area contributed by atoms with E-state index in [0.29, 0.717) is 11.4 Å². The summed E-state index contributed by atoms with van der Waals surface area (Å²) in [4.78, 5) is 40.5. The number of nitrogens with two attached hydrogens (primary N) is 1. The molecule has 2 aromatic carbocycles. The lowest BCUT2D eigenvalue weighted by atomic mass is 10.2. The van der Waals surface area contributed by atoms with Crippen LogP contribution in [0, 0.1) is 5.82 Å². The van der Waals surface area contributed by atoms with Gasteiger partial charge in [-0.1, -0.05) is 0 Å². The molecule has 0 saturated carbocycles. The molecule has 0 saturated heterocycles. The van der Waals surface area contributed by atoms with E-state index in [9.17, 15) is 29.0 Å². The molecule has 0 unspecified atom stereocenters. The Morgan fingerprint density at radius 3 is 1.97 bits per heavy atom. The zero-order valence-electron chi connectivity index (χ0n) is 16.7. The van der Waals surface area contributed by atoms with Gasteiger partial charge in [0.25, 0.3) is 17.7 Å². The van der Waals surface area contributed by atoms with Crippen molar-refractivity contribution in [2.24, 2.45) is 5.73 Å². The van der Waals surface area contributed by atoms with Crippen LogP contribution in [0.2, 0.25) is 0 Å². The molecule has 0 radical (unpaired) electrons. The lowest BCUT2D eigenvalue weighted by Crippen LogP contribution is -2.27. The Labute approximate surface area is 181 Å². The molecule has 32 heavy (non-hydrogen) atoms. The maximum absolute atomic E-state index is 13.0. The van der Waals surface area contributed by atoms with E-state index >= 15 is 0 Å². The second-order valence-corrected chi connectivity index (χ2v) is 6.72. The molecule has 6 N–H and O–H groups in total. The number of aromatic nitrogens is 2. The number of benzene rings is 2. The average Bonchev–Trinajstić information content (AvgIpc) is 3.22. The van der Waals surface area contributed by atoms with Crippen LogP contribution in [0.15, 0.2) is 54.9 Å². The summed E-state index contributed by atoms with van der Waals surface area (Å²) in [6.07, 6.45) is 1.14. The molecule has 0 spiro atoms. The average molecular weight is 441 g/mol. The number of imidazole rings is 1. The number of anilines is 2. The molecule has 0 aliphatic carbocycles. The van der Waals surface area contributed by atoms with Gasteiger partial charge in [-0.3, -0.25) is 14.4 Å². The molecule has 0 fully saturated rings. The second kappa shape index (κ2) is 9.81. The van der Waals surface area contributed by atoms with Gasteiger partial charge >= 0.3 is 0 Å². The number of amides is 3. The Bertz CT molecular complexity index is 1120. The molecular weight excluding hydrogens is 421 g/mol. The second-order valence-electron chi connectivity index (χ2n) is 6.72. The molecule has 1 heterocycles. The fraction of sp³-hybridized carbons (Fsp3) is 0.143. The van der Waals surface area contributed by atoms with Gasteiger partial charge in [-0.15, -0.1) is 0 Å². The number of primary amides is 1. The fourth-order valence-electron chi connectivity index (χ4n) is 2.91. The molecule has 3 amide bonds. The summed E-state index contributed by atoms with van der Waals surface area (Å²) in [7, 11) is 0. The van der Waals surface area contributed by atoms with Gasteiger partial charge in [0.15, 0.2) is 5.69 Å². The van der Waals surface area contributed by atoms with Crippen LogP contribution in [0.25, 0.3) is 0 Å². The van der Waals surface area contributed by atoms with Crippen molar-refractivity contribution in [2.75, 3.05) is 23.8 Å². The van der Waals surface area contributed by atoms with Crippen molar-refractivity contribution < 1.29 is 29.0 Å². The van der Waals surface area contributed by atoms with Crippen LogP contribution in [0.5, 0.6) is 0 Å². The van der Waals surface area contributed by atoms with Gasteiger partial charge in [0.1, 0.15) is 11.5 Å². The first-order valence-electron chi connectivity index (χ1n) is 9.40. The Balaban J connectivity index is 1.72.